The highest BCUT2D eigenvalue weighted by atomic mass is 16.7. The van der Waals surface area contributed by atoms with Gasteiger partial charge in [0.2, 0.25) is 6.29 Å². The molecule has 0 unspecified atom stereocenters. The number of nitrogens with one attached hydrogen (secondary N) is 1. The molecule has 2 aromatic carbocycles. The molecule has 0 aromatic heterocycles. The standard InChI is InChI=1S/C18H19NO3/c20-18(19-13-12-14-6-2-1-3-7-14)22-17-11-10-15-8-4-5-9-16(15)21-17/h1-9,17H,10-13H2,(H,19,20)/t17-/m0/s1. The Kier molecular flexibility index (Phi) is 4.59. The summed E-state index contributed by atoms with van der Waals surface area (Å²) in [6.07, 6.45) is 1.39. The number of hydrogen-bond donors (Lipinski definition) is 1. The van der Waals surface area contributed by atoms with Crippen LogP contribution in [0.15, 0.2) is 54.6 Å². The first-order chi connectivity index (χ1) is 10.8. The van der Waals surface area contributed by atoms with Gasteiger partial charge in [0, 0.05) is 13.0 Å². The fraction of sp³-hybridized carbons (Fsp3) is 0.278. The van der Waals surface area contributed by atoms with Crippen LogP contribution >= 0.6 is 0 Å². The topological polar surface area (TPSA) is 47.6 Å². The second-order valence-corrected chi connectivity index (χ2v) is 5.26. The lowest BCUT2D eigenvalue weighted by Gasteiger charge is -2.25. The Balaban J connectivity index is 1.43. The largest absolute Gasteiger partial charge is 0.454 e. The molecule has 22 heavy (non-hydrogen) atoms. The molecule has 0 bridgehead atoms. The minimum Gasteiger partial charge on any atom is -0.454 e. The quantitative estimate of drug-likeness (QED) is 0.942. The molecule has 1 N–H and O–H groups in total. The molecule has 2 aromatic rings. The van der Waals surface area contributed by atoms with E-state index in [1.54, 1.807) is 0 Å². The zero-order valence-corrected chi connectivity index (χ0v) is 12.3. The van der Waals surface area contributed by atoms with E-state index in [0.717, 1.165) is 24.2 Å². The van der Waals surface area contributed by atoms with Gasteiger partial charge in [0.25, 0.3) is 0 Å². The molecule has 0 saturated carbocycles. The van der Waals surface area contributed by atoms with Gasteiger partial charge >= 0.3 is 6.09 Å². The van der Waals surface area contributed by atoms with Crippen LogP contribution in [0.25, 0.3) is 0 Å². The zero-order chi connectivity index (χ0) is 15.2. The summed E-state index contributed by atoms with van der Waals surface area (Å²) in [5.74, 6) is 0.802. The molecule has 1 aliphatic heterocycles. The highest BCUT2D eigenvalue weighted by molar-refractivity contribution is 5.67. The van der Waals surface area contributed by atoms with Crippen LogP contribution in [-0.4, -0.2) is 18.9 Å². The summed E-state index contributed by atoms with van der Waals surface area (Å²) >= 11 is 0. The molecule has 3 rings (SSSR count). The third-order valence-electron chi connectivity index (χ3n) is 3.64. The average molecular weight is 297 g/mol. The van der Waals surface area contributed by atoms with Crippen LogP contribution in [0.4, 0.5) is 4.79 Å². The van der Waals surface area contributed by atoms with Gasteiger partial charge in [-0.2, -0.15) is 0 Å². The Bertz CT molecular complexity index is 627. The molecule has 4 nitrogen and oxygen atoms in total. The van der Waals surface area contributed by atoms with Gasteiger partial charge < -0.3 is 14.8 Å². The van der Waals surface area contributed by atoms with E-state index >= 15 is 0 Å². The number of para-hydroxylation sites is 1. The van der Waals surface area contributed by atoms with Gasteiger partial charge in [-0.05, 0) is 30.0 Å². The number of amides is 1. The van der Waals surface area contributed by atoms with E-state index < -0.39 is 12.4 Å². The fourth-order valence-electron chi connectivity index (χ4n) is 2.50. The number of carbonyl (C=O) groups is 1. The van der Waals surface area contributed by atoms with Crippen LogP contribution in [-0.2, 0) is 17.6 Å². The number of aryl methyl sites for hydroxylation is 1. The molecule has 0 spiro atoms. The smallest absolute Gasteiger partial charge is 0.410 e. The summed E-state index contributed by atoms with van der Waals surface area (Å²) < 4.78 is 11.0. The van der Waals surface area contributed by atoms with Crippen LogP contribution in [0.1, 0.15) is 17.5 Å². The minimum atomic E-state index is -0.508. The van der Waals surface area contributed by atoms with E-state index in [-0.39, 0.29) is 0 Å². The molecule has 4 heteroatoms. The molecule has 1 aliphatic rings. The SMILES string of the molecule is O=C(NCCc1ccccc1)O[C@H]1CCc2ccccc2O1. The number of rotatable bonds is 4. The van der Waals surface area contributed by atoms with Crippen LogP contribution in [0.3, 0.4) is 0 Å². The first kappa shape index (κ1) is 14.4. The molecule has 0 aliphatic carbocycles. The highest BCUT2D eigenvalue weighted by Crippen LogP contribution is 2.27. The molecule has 1 atom stereocenters. The maximum Gasteiger partial charge on any atom is 0.410 e. The Morgan fingerprint density at radius 3 is 2.77 bits per heavy atom. The Morgan fingerprint density at radius 1 is 1.14 bits per heavy atom. The van der Waals surface area contributed by atoms with Crippen molar-refractivity contribution in [3.05, 3.63) is 65.7 Å². The van der Waals surface area contributed by atoms with Gasteiger partial charge in [-0.3, -0.25) is 0 Å². The van der Waals surface area contributed by atoms with Gasteiger partial charge in [0.05, 0.1) is 0 Å². The van der Waals surface area contributed by atoms with Crippen molar-refractivity contribution in [1.82, 2.24) is 5.32 Å². The number of benzene rings is 2. The number of hydrogen-bond acceptors (Lipinski definition) is 3. The highest BCUT2D eigenvalue weighted by Gasteiger charge is 2.22. The van der Waals surface area contributed by atoms with E-state index in [0.29, 0.717) is 13.0 Å². The predicted molar refractivity (Wildman–Crippen MR) is 83.8 cm³/mol. The lowest BCUT2D eigenvalue weighted by atomic mass is 10.1. The third kappa shape index (κ3) is 3.79. The van der Waals surface area contributed by atoms with E-state index in [1.807, 2.05) is 54.6 Å². The monoisotopic (exact) mass is 297 g/mol. The minimum absolute atomic E-state index is 0.430. The molecule has 0 fully saturated rings. The maximum atomic E-state index is 11.8. The third-order valence-corrected chi connectivity index (χ3v) is 3.64. The van der Waals surface area contributed by atoms with Crippen LogP contribution in [0.5, 0.6) is 5.75 Å². The summed E-state index contributed by atoms with van der Waals surface area (Å²) in [4.78, 5) is 11.8. The Labute approximate surface area is 130 Å². The first-order valence-corrected chi connectivity index (χ1v) is 7.54. The number of fused-ring (bicyclic) bond motifs is 1. The van der Waals surface area contributed by atoms with Crippen molar-refractivity contribution >= 4 is 6.09 Å². The van der Waals surface area contributed by atoms with E-state index in [9.17, 15) is 4.79 Å². The summed E-state index contributed by atoms with van der Waals surface area (Å²) in [6.45, 7) is 0.548. The zero-order valence-electron chi connectivity index (χ0n) is 12.3. The lowest BCUT2D eigenvalue weighted by Crippen LogP contribution is -2.34. The molecule has 1 amide bonds. The van der Waals surface area contributed by atoms with Crippen molar-refractivity contribution < 1.29 is 14.3 Å². The summed E-state index contributed by atoms with van der Waals surface area (Å²) in [5, 5.41) is 2.76. The van der Waals surface area contributed by atoms with E-state index in [2.05, 4.69) is 5.32 Å². The molecular weight excluding hydrogens is 278 g/mol. The van der Waals surface area contributed by atoms with Crippen molar-refractivity contribution in [3.8, 4) is 5.75 Å². The average Bonchev–Trinajstić information content (AvgIpc) is 2.56. The number of ether oxygens (including phenoxy) is 2. The van der Waals surface area contributed by atoms with E-state index in [1.165, 1.54) is 5.56 Å². The summed E-state index contributed by atoms with van der Waals surface area (Å²) in [6, 6.07) is 17.9. The van der Waals surface area contributed by atoms with E-state index in [4.69, 9.17) is 9.47 Å². The van der Waals surface area contributed by atoms with Crippen LogP contribution in [0, 0.1) is 0 Å². The van der Waals surface area contributed by atoms with Crippen LogP contribution in [0.2, 0.25) is 0 Å². The molecule has 114 valence electrons. The fourth-order valence-corrected chi connectivity index (χ4v) is 2.50. The first-order valence-electron chi connectivity index (χ1n) is 7.54. The molecule has 0 saturated heterocycles. The van der Waals surface area contributed by atoms with Gasteiger partial charge in [0.1, 0.15) is 5.75 Å². The molecule has 1 heterocycles. The van der Waals surface area contributed by atoms with Gasteiger partial charge in [-0.1, -0.05) is 48.5 Å². The van der Waals surface area contributed by atoms with Crippen molar-refractivity contribution in [2.45, 2.75) is 25.6 Å². The summed E-state index contributed by atoms with van der Waals surface area (Å²) in [7, 11) is 0. The predicted octanol–water partition coefficient (Wildman–Crippen LogP) is 3.31. The van der Waals surface area contributed by atoms with Crippen molar-refractivity contribution in [3.63, 3.8) is 0 Å². The van der Waals surface area contributed by atoms with Crippen molar-refractivity contribution in [1.29, 1.82) is 0 Å². The van der Waals surface area contributed by atoms with Crippen LogP contribution < -0.4 is 10.1 Å². The maximum absolute atomic E-state index is 11.8. The molecular formula is C18H19NO3. The Morgan fingerprint density at radius 2 is 1.91 bits per heavy atom. The Hall–Kier alpha value is -2.49. The number of carbonyl (C=O) groups excluding carboxylic acids is 1. The van der Waals surface area contributed by atoms with Crippen molar-refractivity contribution in [2.24, 2.45) is 0 Å². The lowest BCUT2D eigenvalue weighted by molar-refractivity contribution is -0.0443. The van der Waals surface area contributed by atoms with Gasteiger partial charge in [-0.25, -0.2) is 4.79 Å². The van der Waals surface area contributed by atoms with Gasteiger partial charge in [0.15, 0.2) is 0 Å². The van der Waals surface area contributed by atoms with Crippen molar-refractivity contribution in [2.75, 3.05) is 6.54 Å². The number of alkyl carbamates (subject to hydrolysis) is 1. The normalized spacial score (nSPS) is 16.3. The van der Waals surface area contributed by atoms with Gasteiger partial charge in [-0.15, -0.1) is 0 Å². The second kappa shape index (κ2) is 6.98. The summed E-state index contributed by atoms with van der Waals surface area (Å²) in [5.41, 5.74) is 2.34. The molecule has 0 radical (unpaired) electrons. The second-order valence-electron chi connectivity index (χ2n) is 5.26.